The molecule has 1 aromatic heterocycles. The van der Waals surface area contributed by atoms with Crippen LogP contribution in [0, 0.1) is 12.7 Å². The van der Waals surface area contributed by atoms with E-state index in [2.05, 4.69) is 8.75 Å². The highest BCUT2D eigenvalue weighted by atomic mass is 32.2. The number of sulfonamides is 1. The van der Waals surface area contributed by atoms with Crippen LogP contribution < -0.4 is 4.90 Å². The molecule has 0 amide bonds. The van der Waals surface area contributed by atoms with Crippen molar-refractivity contribution in [3.05, 3.63) is 35.8 Å². The lowest BCUT2D eigenvalue weighted by molar-refractivity contribution is 0.384. The molecular weight excluding hydrogens is 327 g/mol. The Balaban J connectivity index is 1.77. The first kappa shape index (κ1) is 15.3. The number of halogens is 1. The van der Waals surface area contributed by atoms with Crippen molar-refractivity contribution in [2.24, 2.45) is 0 Å². The molecule has 0 aliphatic carbocycles. The van der Waals surface area contributed by atoms with E-state index in [1.165, 1.54) is 22.5 Å². The van der Waals surface area contributed by atoms with Crippen LogP contribution in [-0.4, -0.2) is 47.6 Å². The Morgan fingerprint density at radius 3 is 2.55 bits per heavy atom. The predicted octanol–water partition coefficient (Wildman–Crippen LogP) is 1.50. The highest BCUT2D eigenvalue weighted by Gasteiger charge is 2.30. The zero-order chi connectivity index (χ0) is 15.7. The summed E-state index contributed by atoms with van der Waals surface area (Å²) in [6.07, 6.45) is 1.68. The molecule has 9 heteroatoms. The van der Waals surface area contributed by atoms with Crippen LogP contribution in [0.2, 0.25) is 0 Å². The van der Waals surface area contributed by atoms with Gasteiger partial charge in [-0.1, -0.05) is 0 Å². The Morgan fingerprint density at radius 1 is 1.23 bits per heavy atom. The third-order valence-corrected chi connectivity index (χ3v) is 6.19. The van der Waals surface area contributed by atoms with Crippen LogP contribution in [0.5, 0.6) is 0 Å². The van der Waals surface area contributed by atoms with Gasteiger partial charge in [0.25, 0.3) is 0 Å². The van der Waals surface area contributed by atoms with Gasteiger partial charge in [0, 0.05) is 26.2 Å². The fourth-order valence-electron chi connectivity index (χ4n) is 2.50. The molecule has 0 bridgehead atoms. The highest BCUT2D eigenvalue weighted by Crippen LogP contribution is 2.23. The van der Waals surface area contributed by atoms with Crippen LogP contribution in [0.3, 0.4) is 0 Å². The van der Waals surface area contributed by atoms with Crippen LogP contribution in [0.25, 0.3) is 0 Å². The van der Waals surface area contributed by atoms with Crippen molar-refractivity contribution in [2.45, 2.75) is 11.8 Å². The lowest BCUT2D eigenvalue weighted by Crippen LogP contribution is -2.48. The summed E-state index contributed by atoms with van der Waals surface area (Å²) in [5.41, 5.74) is 0.422. The molecule has 1 aliphatic rings. The van der Waals surface area contributed by atoms with Gasteiger partial charge in [-0.25, -0.2) is 12.8 Å². The number of aromatic nitrogens is 2. The summed E-state index contributed by atoms with van der Waals surface area (Å²) >= 11 is 1.13. The van der Waals surface area contributed by atoms with Crippen LogP contribution in [0.15, 0.2) is 29.3 Å². The maximum atomic E-state index is 13.2. The fraction of sp³-hybridized carbons (Fsp3) is 0.385. The number of piperazine rings is 1. The van der Waals surface area contributed by atoms with Crippen molar-refractivity contribution in [1.29, 1.82) is 0 Å². The van der Waals surface area contributed by atoms with E-state index in [0.29, 0.717) is 31.7 Å². The van der Waals surface area contributed by atoms with Crippen molar-refractivity contribution >= 4 is 27.6 Å². The minimum Gasteiger partial charge on any atom is -0.352 e. The highest BCUT2D eigenvalue weighted by molar-refractivity contribution is 7.89. The molecule has 2 heterocycles. The van der Waals surface area contributed by atoms with Crippen LogP contribution in [0.4, 0.5) is 10.2 Å². The number of nitrogens with zero attached hydrogens (tertiary/aromatic N) is 4. The number of aryl methyl sites for hydroxylation is 1. The lowest BCUT2D eigenvalue weighted by Gasteiger charge is -2.34. The van der Waals surface area contributed by atoms with Crippen LogP contribution in [0.1, 0.15) is 5.56 Å². The van der Waals surface area contributed by atoms with E-state index >= 15 is 0 Å². The topological polar surface area (TPSA) is 66.4 Å². The maximum absolute atomic E-state index is 13.2. The molecule has 0 atom stereocenters. The average Bonchev–Trinajstić information content (AvgIpc) is 3.01. The van der Waals surface area contributed by atoms with Crippen molar-refractivity contribution in [3.8, 4) is 0 Å². The van der Waals surface area contributed by atoms with Gasteiger partial charge in [-0.05, 0) is 30.7 Å². The molecule has 0 saturated carbocycles. The quantitative estimate of drug-likeness (QED) is 0.846. The van der Waals surface area contributed by atoms with E-state index in [1.54, 1.807) is 13.1 Å². The summed E-state index contributed by atoms with van der Waals surface area (Å²) < 4.78 is 48.0. The summed E-state index contributed by atoms with van der Waals surface area (Å²) in [4.78, 5) is 2.17. The first-order valence-electron chi connectivity index (χ1n) is 6.77. The molecule has 0 unspecified atom stereocenters. The second-order valence-electron chi connectivity index (χ2n) is 5.07. The predicted molar refractivity (Wildman–Crippen MR) is 82.0 cm³/mol. The van der Waals surface area contributed by atoms with Crippen molar-refractivity contribution in [1.82, 2.24) is 13.1 Å². The Morgan fingerprint density at radius 2 is 1.95 bits per heavy atom. The monoisotopic (exact) mass is 342 g/mol. The van der Waals surface area contributed by atoms with E-state index in [9.17, 15) is 12.8 Å². The summed E-state index contributed by atoms with van der Waals surface area (Å²) in [5.74, 6) is 0.345. The van der Waals surface area contributed by atoms with E-state index in [-0.39, 0.29) is 4.90 Å². The van der Waals surface area contributed by atoms with Crippen molar-refractivity contribution < 1.29 is 12.8 Å². The number of hydrogen-bond donors (Lipinski definition) is 0. The SMILES string of the molecule is Cc1cc(F)ccc1S(=O)(=O)N1CCN(c2cnsn2)CC1. The average molecular weight is 342 g/mol. The number of anilines is 1. The minimum atomic E-state index is -3.60. The van der Waals surface area contributed by atoms with Crippen molar-refractivity contribution in [2.75, 3.05) is 31.1 Å². The fourth-order valence-corrected chi connectivity index (χ4v) is 4.56. The number of rotatable bonds is 3. The summed E-state index contributed by atoms with van der Waals surface area (Å²) in [5, 5.41) is 0. The van der Waals surface area contributed by atoms with E-state index in [1.807, 2.05) is 4.90 Å². The first-order valence-corrected chi connectivity index (χ1v) is 8.94. The Labute approximate surface area is 132 Å². The summed E-state index contributed by atoms with van der Waals surface area (Å²) in [6.45, 7) is 3.47. The standard InChI is InChI=1S/C13H15FN4O2S2/c1-10-8-11(14)2-3-12(10)22(19,20)18-6-4-17(5-7-18)13-9-15-21-16-13/h2-3,8-9H,4-7H2,1H3. The van der Waals surface area contributed by atoms with Gasteiger partial charge in [0.2, 0.25) is 10.0 Å². The smallest absolute Gasteiger partial charge is 0.243 e. The molecular formula is C13H15FN4O2S2. The van der Waals surface area contributed by atoms with Gasteiger partial charge in [0.15, 0.2) is 5.82 Å². The molecule has 22 heavy (non-hydrogen) atoms. The van der Waals surface area contributed by atoms with E-state index < -0.39 is 15.8 Å². The van der Waals surface area contributed by atoms with Gasteiger partial charge in [0.1, 0.15) is 5.82 Å². The van der Waals surface area contributed by atoms with Crippen LogP contribution >= 0.6 is 11.7 Å². The molecule has 2 aromatic rings. The van der Waals surface area contributed by atoms with Crippen molar-refractivity contribution in [3.63, 3.8) is 0 Å². The molecule has 0 spiro atoms. The van der Waals surface area contributed by atoms with Gasteiger partial charge >= 0.3 is 0 Å². The largest absolute Gasteiger partial charge is 0.352 e. The second kappa shape index (κ2) is 5.90. The molecule has 1 fully saturated rings. The lowest BCUT2D eigenvalue weighted by atomic mass is 10.2. The Hall–Kier alpha value is -1.58. The second-order valence-corrected chi connectivity index (χ2v) is 7.53. The molecule has 1 saturated heterocycles. The molecule has 1 aliphatic heterocycles. The van der Waals surface area contributed by atoms with Gasteiger partial charge in [-0.3, -0.25) is 0 Å². The number of benzene rings is 1. The van der Waals surface area contributed by atoms with Gasteiger partial charge < -0.3 is 4.90 Å². The number of hydrogen-bond acceptors (Lipinski definition) is 6. The Bertz CT molecular complexity index is 756. The Kier molecular flexibility index (Phi) is 4.11. The van der Waals surface area contributed by atoms with Gasteiger partial charge in [-0.15, -0.1) is 0 Å². The molecule has 0 N–H and O–H groups in total. The van der Waals surface area contributed by atoms with Crippen LogP contribution in [-0.2, 0) is 10.0 Å². The third-order valence-electron chi connectivity index (χ3n) is 3.67. The normalized spacial score (nSPS) is 16.9. The minimum absolute atomic E-state index is 0.165. The zero-order valence-corrected chi connectivity index (χ0v) is 13.6. The molecule has 0 radical (unpaired) electrons. The third kappa shape index (κ3) is 2.83. The maximum Gasteiger partial charge on any atom is 0.243 e. The molecule has 6 nitrogen and oxygen atoms in total. The molecule has 1 aromatic carbocycles. The first-order chi connectivity index (χ1) is 10.5. The van der Waals surface area contributed by atoms with Gasteiger partial charge in [-0.2, -0.15) is 13.1 Å². The van der Waals surface area contributed by atoms with E-state index in [4.69, 9.17) is 0 Å². The molecule has 3 rings (SSSR count). The summed E-state index contributed by atoms with van der Waals surface area (Å²) in [6, 6.07) is 3.75. The summed E-state index contributed by atoms with van der Waals surface area (Å²) in [7, 11) is -3.60. The zero-order valence-electron chi connectivity index (χ0n) is 11.9. The molecule has 118 valence electrons. The van der Waals surface area contributed by atoms with E-state index in [0.717, 1.165) is 17.5 Å². The van der Waals surface area contributed by atoms with Gasteiger partial charge in [0.05, 0.1) is 22.8 Å².